The van der Waals surface area contributed by atoms with Gasteiger partial charge < -0.3 is 4.74 Å². The highest BCUT2D eigenvalue weighted by Gasteiger charge is 2.13. The smallest absolute Gasteiger partial charge is 0.229 e. The summed E-state index contributed by atoms with van der Waals surface area (Å²) < 4.78 is 4.93. The molecule has 0 aliphatic carbocycles. The van der Waals surface area contributed by atoms with Gasteiger partial charge in [-0.2, -0.15) is 0 Å². The monoisotopic (exact) mass is 256 g/mol. The lowest BCUT2D eigenvalue weighted by Gasteiger charge is -2.00. The van der Waals surface area contributed by atoms with E-state index in [4.69, 9.17) is 4.74 Å². The number of carbonyl (C=O) groups excluding carboxylic acids is 2. The lowest BCUT2D eigenvalue weighted by atomic mass is 10.1. The van der Waals surface area contributed by atoms with Crippen LogP contribution in [0.15, 0.2) is 24.3 Å². The van der Waals surface area contributed by atoms with Crippen LogP contribution in [0.2, 0.25) is 0 Å². The molecule has 0 saturated carbocycles. The van der Waals surface area contributed by atoms with Crippen LogP contribution in [-0.4, -0.2) is 24.0 Å². The summed E-state index contributed by atoms with van der Waals surface area (Å²) in [6.45, 7) is 0. The van der Waals surface area contributed by atoms with Gasteiger partial charge in [0.2, 0.25) is 11.6 Å². The maximum atomic E-state index is 11.4. The van der Waals surface area contributed by atoms with E-state index in [9.17, 15) is 9.59 Å². The summed E-state index contributed by atoms with van der Waals surface area (Å²) in [4.78, 5) is 22.4. The van der Waals surface area contributed by atoms with Crippen molar-refractivity contribution >= 4 is 27.5 Å². The van der Waals surface area contributed by atoms with E-state index in [1.807, 2.05) is 0 Å². The Morgan fingerprint density at radius 1 is 1.29 bits per heavy atom. The molecule has 14 heavy (non-hydrogen) atoms. The normalized spacial score (nSPS) is 9.57. The third kappa shape index (κ3) is 2.42. The predicted molar refractivity (Wildman–Crippen MR) is 56.1 cm³/mol. The van der Waals surface area contributed by atoms with E-state index in [0.717, 1.165) is 0 Å². The van der Waals surface area contributed by atoms with Crippen molar-refractivity contribution in [3.8, 4) is 5.75 Å². The summed E-state index contributed by atoms with van der Waals surface area (Å²) >= 11 is 2.95. The molecular formula is C10H9BrO3. The topological polar surface area (TPSA) is 43.4 Å². The molecule has 0 unspecified atom stereocenters. The highest BCUT2D eigenvalue weighted by atomic mass is 79.9. The number of methoxy groups -OCH3 is 1. The van der Waals surface area contributed by atoms with Gasteiger partial charge >= 0.3 is 0 Å². The van der Waals surface area contributed by atoms with Crippen LogP contribution < -0.4 is 4.74 Å². The molecule has 0 atom stereocenters. The van der Waals surface area contributed by atoms with E-state index in [-0.39, 0.29) is 5.33 Å². The second-order valence-corrected chi connectivity index (χ2v) is 3.18. The zero-order valence-electron chi connectivity index (χ0n) is 7.62. The zero-order chi connectivity index (χ0) is 10.6. The number of rotatable bonds is 4. The molecule has 0 heterocycles. The first kappa shape index (κ1) is 10.9. The quantitative estimate of drug-likeness (QED) is 0.469. The van der Waals surface area contributed by atoms with Crippen LogP contribution in [0.1, 0.15) is 10.4 Å². The van der Waals surface area contributed by atoms with E-state index >= 15 is 0 Å². The Balaban J connectivity index is 2.87. The van der Waals surface area contributed by atoms with E-state index in [1.165, 1.54) is 0 Å². The minimum atomic E-state index is -0.482. The maximum Gasteiger partial charge on any atom is 0.229 e. The number of benzene rings is 1. The molecule has 0 saturated heterocycles. The lowest BCUT2D eigenvalue weighted by molar-refractivity contribution is -0.112. The first-order valence-electron chi connectivity index (χ1n) is 3.96. The van der Waals surface area contributed by atoms with E-state index < -0.39 is 11.6 Å². The summed E-state index contributed by atoms with van der Waals surface area (Å²) in [6.07, 6.45) is 0. The highest BCUT2D eigenvalue weighted by molar-refractivity contribution is 9.09. The number of hydrogen-bond donors (Lipinski definition) is 0. The van der Waals surface area contributed by atoms with Crippen molar-refractivity contribution in [2.45, 2.75) is 0 Å². The van der Waals surface area contributed by atoms with E-state index in [1.54, 1.807) is 31.4 Å². The third-order valence-electron chi connectivity index (χ3n) is 1.73. The van der Waals surface area contributed by atoms with Crippen LogP contribution in [0.25, 0.3) is 0 Å². The maximum absolute atomic E-state index is 11.4. The number of alkyl halides is 1. The first-order chi connectivity index (χ1) is 6.69. The van der Waals surface area contributed by atoms with Crippen molar-refractivity contribution < 1.29 is 14.3 Å². The minimum Gasteiger partial charge on any atom is -0.497 e. The van der Waals surface area contributed by atoms with E-state index in [2.05, 4.69) is 15.9 Å². The van der Waals surface area contributed by atoms with Crippen molar-refractivity contribution in [2.75, 3.05) is 12.4 Å². The van der Waals surface area contributed by atoms with Crippen LogP contribution in [-0.2, 0) is 4.79 Å². The molecule has 0 radical (unpaired) electrons. The minimum absolute atomic E-state index is 0.0534. The Labute approximate surface area is 90.2 Å². The van der Waals surface area contributed by atoms with Crippen molar-refractivity contribution in [2.24, 2.45) is 0 Å². The summed E-state index contributed by atoms with van der Waals surface area (Å²) in [5.41, 5.74) is 0.384. The largest absolute Gasteiger partial charge is 0.497 e. The van der Waals surface area contributed by atoms with Gasteiger partial charge in [0.1, 0.15) is 5.75 Å². The highest BCUT2D eigenvalue weighted by Crippen LogP contribution is 2.12. The molecule has 4 heteroatoms. The second kappa shape index (κ2) is 4.91. The van der Waals surface area contributed by atoms with Gasteiger partial charge in [0.05, 0.1) is 12.4 Å². The molecule has 1 aromatic rings. The fourth-order valence-electron chi connectivity index (χ4n) is 0.964. The fraction of sp³-hybridized carbons (Fsp3) is 0.200. The van der Waals surface area contributed by atoms with Gasteiger partial charge in [-0.1, -0.05) is 15.9 Å². The Kier molecular flexibility index (Phi) is 3.83. The number of Topliss-reactive ketones (excluding diaryl/α,β-unsaturated/α-hetero) is 2. The molecule has 0 bridgehead atoms. The predicted octanol–water partition coefficient (Wildman–Crippen LogP) is 1.84. The molecule has 0 aliphatic heterocycles. The summed E-state index contributed by atoms with van der Waals surface area (Å²) in [6, 6.07) is 6.44. The summed E-state index contributed by atoms with van der Waals surface area (Å²) in [7, 11) is 1.54. The van der Waals surface area contributed by atoms with E-state index in [0.29, 0.717) is 11.3 Å². The first-order valence-corrected chi connectivity index (χ1v) is 5.08. The molecular weight excluding hydrogens is 248 g/mol. The number of ketones is 2. The fourth-order valence-corrected chi connectivity index (χ4v) is 1.22. The second-order valence-electron chi connectivity index (χ2n) is 2.61. The molecule has 0 amide bonds. The molecule has 74 valence electrons. The van der Waals surface area contributed by atoms with Crippen LogP contribution >= 0.6 is 15.9 Å². The lowest BCUT2D eigenvalue weighted by Crippen LogP contribution is -2.14. The molecule has 0 aliphatic rings. The van der Waals surface area contributed by atoms with Gasteiger partial charge in [-0.15, -0.1) is 0 Å². The Hall–Kier alpha value is -1.16. The van der Waals surface area contributed by atoms with Gasteiger partial charge in [0.15, 0.2) is 0 Å². The van der Waals surface area contributed by atoms with Crippen molar-refractivity contribution in [3.05, 3.63) is 29.8 Å². The number of halogens is 1. The van der Waals surface area contributed by atoms with Crippen LogP contribution in [0, 0.1) is 0 Å². The van der Waals surface area contributed by atoms with Crippen LogP contribution in [0.3, 0.4) is 0 Å². The van der Waals surface area contributed by atoms with Gasteiger partial charge in [-0.3, -0.25) is 9.59 Å². The Morgan fingerprint density at radius 3 is 2.29 bits per heavy atom. The Bertz CT molecular complexity index is 343. The standard InChI is InChI=1S/C10H9BrO3/c1-14-8-4-2-7(3-5-8)10(13)9(12)6-11/h2-5H,6H2,1H3. The van der Waals surface area contributed by atoms with Crippen molar-refractivity contribution in [1.82, 2.24) is 0 Å². The molecule has 3 nitrogen and oxygen atoms in total. The molecule has 0 spiro atoms. The molecule has 0 fully saturated rings. The Morgan fingerprint density at radius 2 is 1.86 bits per heavy atom. The van der Waals surface area contributed by atoms with Crippen LogP contribution in [0.4, 0.5) is 0 Å². The number of carbonyl (C=O) groups is 2. The third-order valence-corrected chi connectivity index (χ3v) is 2.24. The molecule has 1 rings (SSSR count). The SMILES string of the molecule is COc1ccc(C(=O)C(=O)CBr)cc1. The number of hydrogen-bond acceptors (Lipinski definition) is 3. The molecule has 0 aromatic heterocycles. The summed E-state index contributed by atoms with van der Waals surface area (Å²) in [5, 5.41) is 0.0534. The average Bonchev–Trinajstić information content (AvgIpc) is 2.27. The molecule has 0 N–H and O–H groups in total. The molecule has 1 aromatic carbocycles. The average molecular weight is 257 g/mol. The van der Waals surface area contributed by atoms with Gasteiger partial charge in [0.25, 0.3) is 0 Å². The van der Waals surface area contributed by atoms with Gasteiger partial charge in [-0.05, 0) is 24.3 Å². The van der Waals surface area contributed by atoms with Gasteiger partial charge in [-0.25, -0.2) is 0 Å². The summed E-state index contributed by atoms with van der Waals surface area (Å²) in [5.74, 6) is -0.271. The zero-order valence-corrected chi connectivity index (χ0v) is 9.21. The van der Waals surface area contributed by atoms with Crippen molar-refractivity contribution in [3.63, 3.8) is 0 Å². The van der Waals surface area contributed by atoms with Crippen LogP contribution in [0.5, 0.6) is 5.75 Å². The van der Waals surface area contributed by atoms with Gasteiger partial charge in [0, 0.05) is 5.56 Å². The number of ether oxygens (including phenoxy) is 1. The van der Waals surface area contributed by atoms with Crippen molar-refractivity contribution in [1.29, 1.82) is 0 Å².